The quantitative estimate of drug-likeness (QED) is 0.622. The summed E-state index contributed by atoms with van der Waals surface area (Å²) in [5, 5.41) is 0. The summed E-state index contributed by atoms with van der Waals surface area (Å²) in [7, 11) is -2.43. The van der Waals surface area contributed by atoms with Gasteiger partial charge in [0.25, 0.3) is 0 Å². The first-order chi connectivity index (χ1) is 8.27. The van der Waals surface area contributed by atoms with Crippen molar-refractivity contribution in [3.63, 3.8) is 0 Å². The van der Waals surface area contributed by atoms with Gasteiger partial charge in [0.2, 0.25) is 10.0 Å². The molecule has 0 unspecified atom stereocenters. The maximum absolute atomic E-state index is 11.9. The molecule has 1 aromatic carbocycles. The second-order valence-electron chi connectivity index (χ2n) is 4.02. The fraction of sp³-hybridized carbons (Fsp3) is 0.364. The van der Waals surface area contributed by atoms with Crippen LogP contribution in [0.3, 0.4) is 0 Å². The molecule has 0 aromatic heterocycles. The number of ether oxygens (including phenoxy) is 1. The van der Waals surface area contributed by atoms with Crippen LogP contribution in [0.2, 0.25) is 0 Å². The van der Waals surface area contributed by atoms with Crippen molar-refractivity contribution < 1.29 is 17.9 Å². The van der Waals surface area contributed by atoms with Gasteiger partial charge in [0.15, 0.2) is 0 Å². The number of benzene rings is 1. The molecule has 7 heteroatoms. The lowest BCUT2D eigenvalue weighted by Gasteiger charge is -2.12. The lowest BCUT2D eigenvalue weighted by molar-refractivity contribution is 0.0600. The number of methoxy groups -OCH3 is 1. The van der Waals surface area contributed by atoms with Crippen molar-refractivity contribution in [1.29, 1.82) is 0 Å². The summed E-state index contributed by atoms with van der Waals surface area (Å²) in [6.07, 6.45) is 0. The Balaban J connectivity index is 3.18. The van der Waals surface area contributed by atoms with Crippen molar-refractivity contribution in [3.8, 4) is 0 Å². The molecule has 0 amide bonds. The molecule has 100 valence electrons. The van der Waals surface area contributed by atoms with Gasteiger partial charge in [-0.1, -0.05) is 0 Å². The molecule has 0 atom stereocenters. The van der Waals surface area contributed by atoms with Crippen molar-refractivity contribution in [3.05, 3.63) is 23.8 Å². The zero-order valence-corrected chi connectivity index (χ0v) is 11.2. The minimum Gasteiger partial charge on any atom is -0.465 e. The lowest BCUT2D eigenvalue weighted by Crippen LogP contribution is -2.30. The number of anilines is 1. The normalized spacial score (nSPS) is 11.6. The van der Waals surface area contributed by atoms with E-state index in [1.165, 1.54) is 25.3 Å². The number of nitrogens with two attached hydrogens (primary N) is 1. The van der Waals surface area contributed by atoms with Crippen LogP contribution in [0.15, 0.2) is 23.1 Å². The van der Waals surface area contributed by atoms with Crippen LogP contribution >= 0.6 is 0 Å². The highest BCUT2D eigenvalue weighted by Gasteiger charge is 2.19. The number of hydrogen-bond donors (Lipinski definition) is 2. The maximum Gasteiger partial charge on any atom is 0.337 e. The number of esters is 1. The minimum absolute atomic E-state index is 0.00560. The highest BCUT2D eigenvalue weighted by molar-refractivity contribution is 7.89. The third-order valence-corrected chi connectivity index (χ3v) is 3.84. The standard InChI is InChI=1S/C11H16N2O4S/c1-7(2)13-18(15,16)10-5-4-8(6-9(10)12)11(14)17-3/h4-7,13H,12H2,1-3H3. The van der Waals surface area contributed by atoms with Gasteiger partial charge in [-0.3, -0.25) is 0 Å². The number of hydrogen-bond acceptors (Lipinski definition) is 5. The van der Waals surface area contributed by atoms with Gasteiger partial charge in [-0.05, 0) is 32.0 Å². The van der Waals surface area contributed by atoms with E-state index in [4.69, 9.17) is 5.73 Å². The smallest absolute Gasteiger partial charge is 0.337 e. The van der Waals surface area contributed by atoms with Crippen molar-refractivity contribution in [2.24, 2.45) is 0 Å². The van der Waals surface area contributed by atoms with Gasteiger partial charge in [-0.25, -0.2) is 17.9 Å². The predicted octanol–water partition coefficient (Wildman–Crippen LogP) is 0.742. The maximum atomic E-state index is 11.9. The second kappa shape index (κ2) is 5.36. The van der Waals surface area contributed by atoms with E-state index < -0.39 is 16.0 Å². The Kier molecular flexibility index (Phi) is 4.31. The third kappa shape index (κ3) is 3.21. The summed E-state index contributed by atoms with van der Waals surface area (Å²) in [6.45, 7) is 3.41. The van der Waals surface area contributed by atoms with E-state index in [0.717, 1.165) is 0 Å². The Morgan fingerprint density at radius 3 is 2.44 bits per heavy atom. The predicted molar refractivity (Wildman–Crippen MR) is 67.7 cm³/mol. The first kappa shape index (κ1) is 14.5. The number of nitrogens with one attached hydrogen (secondary N) is 1. The Morgan fingerprint density at radius 1 is 1.39 bits per heavy atom. The molecule has 0 saturated heterocycles. The van der Waals surface area contributed by atoms with E-state index in [-0.39, 0.29) is 22.2 Å². The summed E-state index contributed by atoms with van der Waals surface area (Å²) >= 11 is 0. The Morgan fingerprint density at radius 2 is 2.00 bits per heavy atom. The number of nitrogen functional groups attached to an aromatic ring is 1. The minimum atomic E-state index is -3.67. The summed E-state index contributed by atoms with van der Waals surface area (Å²) < 4.78 is 30.8. The molecule has 3 N–H and O–H groups in total. The zero-order chi connectivity index (χ0) is 13.9. The summed E-state index contributed by atoms with van der Waals surface area (Å²) in [4.78, 5) is 11.2. The molecule has 0 aliphatic heterocycles. The van der Waals surface area contributed by atoms with Crippen LogP contribution in [-0.2, 0) is 14.8 Å². The molecule has 0 saturated carbocycles. The molecular weight excluding hydrogens is 256 g/mol. The van der Waals surface area contributed by atoms with Crippen LogP contribution in [-0.4, -0.2) is 27.5 Å². The van der Waals surface area contributed by atoms with Crippen LogP contribution in [0.4, 0.5) is 5.69 Å². The zero-order valence-electron chi connectivity index (χ0n) is 10.4. The van der Waals surface area contributed by atoms with E-state index in [2.05, 4.69) is 9.46 Å². The fourth-order valence-electron chi connectivity index (χ4n) is 1.41. The summed E-state index contributed by atoms with van der Waals surface area (Å²) in [6, 6.07) is 3.68. The van der Waals surface area contributed by atoms with E-state index in [1.807, 2.05) is 0 Å². The van der Waals surface area contributed by atoms with Crippen molar-refractivity contribution in [1.82, 2.24) is 4.72 Å². The second-order valence-corrected chi connectivity index (χ2v) is 5.70. The molecule has 1 aromatic rings. The average molecular weight is 272 g/mol. The molecule has 18 heavy (non-hydrogen) atoms. The molecule has 0 spiro atoms. The molecule has 0 radical (unpaired) electrons. The molecule has 0 fully saturated rings. The molecular formula is C11H16N2O4S. The Labute approximate surface area is 106 Å². The number of carbonyl (C=O) groups excluding carboxylic acids is 1. The Hall–Kier alpha value is -1.60. The highest BCUT2D eigenvalue weighted by atomic mass is 32.2. The van der Waals surface area contributed by atoms with Gasteiger partial charge in [-0.15, -0.1) is 0 Å². The van der Waals surface area contributed by atoms with E-state index >= 15 is 0 Å². The SMILES string of the molecule is COC(=O)c1ccc(S(=O)(=O)NC(C)C)c(N)c1. The molecule has 0 aliphatic rings. The van der Waals surface area contributed by atoms with Gasteiger partial charge in [0.1, 0.15) is 4.90 Å². The number of carbonyl (C=O) groups is 1. The van der Waals surface area contributed by atoms with Crippen molar-refractivity contribution in [2.75, 3.05) is 12.8 Å². The van der Waals surface area contributed by atoms with Gasteiger partial charge in [0, 0.05) is 6.04 Å². The Bertz CT molecular complexity index is 552. The molecule has 0 aliphatic carbocycles. The van der Waals surface area contributed by atoms with Crippen LogP contribution in [0.5, 0.6) is 0 Å². The van der Waals surface area contributed by atoms with Gasteiger partial charge < -0.3 is 10.5 Å². The van der Waals surface area contributed by atoms with Crippen LogP contribution in [0.25, 0.3) is 0 Å². The summed E-state index contributed by atoms with van der Waals surface area (Å²) in [5.41, 5.74) is 5.86. The molecule has 0 bridgehead atoms. The van der Waals surface area contributed by atoms with E-state index in [9.17, 15) is 13.2 Å². The number of sulfonamides is 1. The van der Waals surface area contributed by atoms with Crippen molar-refractivity contribution >= 4 is 21.7 Å². The van der Waals surface area contributed by atoms with Gasteiger partial charge in [-0.2, -0.15) is 0 Å². The highest BCUT2D eigenvalue weighted by Crippen LogP contribution is 2.20. The number of rotatable bonds is 4. The summed E-state index contributed by atoms with van der Waals surface area (Å²) in [5.74, 6) is -0.567. The van der Waals surface area contributed by atoms with Crippen molar-refractivity contribution in [2.45, 2.75) is 24.8 Å². The third-order valence-electron chi connectivity index (χ3n) is 2.11. The average Bonchev–Trinajstić information content (AvgIpc) is 2.25. The van der Waals surface area contributed by atoms with Crippen LogP contribution < -0.4 is 10.5 Å². The van der Waals surface area contributed by atoms with Gasteiger partial charge >= 0.3 is 5.97 Å². The van der Waals surface area contributed by atoms with Gasteiger partial charge in [0.05, 0.1) is 18.4 Å². The van der Waals surface area contributed by atoms with E-state index in [1.54, 1.807) is 13.8 Å². The van der Waals surface area contributed by atoms with Crippen LogP contribution in [0, 0.1) is 0 Å². The molecule has 1 rings (SSSR count). The largest absolute Gasteiger partial charge is 0.465 e. The molecule has 0 heterocycles. The topological polar surface area (TPSA) is 98.5 Å². The first-order valence-electron chi connectivity index (χ1n) is 5.28. The monoisotopic (exact) mass is 272 g/mol. The molecule has 6 nitrogen and oxygen atoms in total. The lowest BCUT2D eigenvalue weighted by atomic mass is 10.2. The fourth-order valence-corrected chi connectivity index (χ4v) is 2.78. The first-order valence-corrected chi connectivity index (χ1v) is 6.76. The van der Waals surface area contributed by atoms with E-state index in [0.29, 0.717) is 0 Å². The van der Waals surface area contributed by atoms with Crippen LogP contribution in [0.1, 0.15) is 24.2 Å².